The van der Waals surface area contributed by atoms with Gasteiger partial charge in [0.05, 0.1) is 23.6 Å². The van der Waals surface area contributed by atoms with Gasteiger partial charge in [-0.25, -0.2) is 0 Å². The lowest BCUT2D eigenvalue weighted by molar-refractivity contribution is 0.101. The molecule has 0 spiro atoms. The summed E-state index contributed by atoms with van der Waals surface area (Å²) in [7, 11) is 0. The van der Waals surface area contributed by atoms with Crippen molar-refractivity contribution >= 4 is 11.6 Å². The fourth-order valence-corrected chi connectivity index (χ4v) is 2.55. The summed E-state index contributed by atoms with van der Waals surface area (Å²) in [5.41, 5.74) is 5.04. The summed E-state index contributed by atoms with van der Waals surface area (Å²) < 4.78 is 6.84. The molecule has 0 aliphatic heterocycles. The SMILES string of the molecule is Cc1ccc(Cn2nc(C)c(NC(=O)c3cc(C)on3)c2C)cc1. The number of hydrogen-bond donors (Lipinski definition) is 1. The maximum absolute atomic E-state index is 12.3. The lowest BCUT2D eigenvalue weighted by Crippen LogP contribution is -2.13. The number of carbonyl (C=O) groups excluding carboxylic acids is 1. The highest BCUT2D eigenvalue weighted by molar-refractivity contribution is 6.03. The molecule has 0 aliphatic rings. The van der Waals surface area contributed by atoms with Gasteiger partial charge in [0, 0.05) is 6.07 Å². The van der Waals surface area contributed by atoms with Crippen LogP contribution in [0.25, 0.3) is 0 Å². The number of benzene rings is 1. The first-order valence-electron chi connectivity index (χ1n) is 7.78. The summed E-state index contributed by atoms with van der Waals surface area (Å²) in [4.78, 5) is 12.3. The predicted octanol–water partition coefficient (Wildman–Crippen LogP) is 3.41. The van der Waals surface area contributed by atoms with Gasteiger partial charge in [-0.2, -0.15) is 5.10 Å². The Morgan fingerprint density at radius 2 is 1.88 bits per heavy atom. The van der Waals surface area contributed by atoms with Crippen LogP contribution in [-0.4, -0.2) is 20.8 Å². The molecule has 6 nitrogen and oxygen atoms in total. The number of nitrogens with zero attached hydrogens (tertiary/aromatic N) is 3. The van der Waals surface area contributed by atoms with E-state index in [0.29, 0.717) is 18.0 Å². The first-order valence-corrected chi connectivity index (χ1v) is 7.78. The van der Waals surface area contributed by atoms with Crippen molar-refractivity contribution in [2.75, 3.05) is 5.32 Å². The lowest BCUT2D eigenvalue weighted by Gasteiger charge is -2.07. The number of hydrogen-bond acceptors (Lipinski definition) is 4. The third-order valence-corrected chi connectivity index (χ3v) is 3.93. The molecule has 0 saturated carbocycles. The van der Waals surface area contributed by atoms with Crippen molar-refractivity contribution in [3.63, 3.8) is 0 Å². The average Bonchev–Trinajstić information content (AvgIpc) is 3.09. The Morgan fingerprint density at radius 1 is 1.17 bits per heavy atom. The van der Waals surface area contributed by atoms with Crippen molar-refractivity contribution in [1.82, 2.24) is 14.9 Å². The summed E-state index contributed by atoms with van der Waals surface area (Å²) in [6.07, 6.45) is 0. The maximum atomic E-state index is 12.3. The summed E-state index contributed by atoms with van der Waals surface area (Å²) in [6.45, 7) is 8.29. The van der Waals surface area contributed by atoms with E-state index in [-0.39, 0.29) is 11.6 Å². The van der Waals surface area contributed by atoms with Crippen molar-refractivity contribution in [3.05, 3.63) is 64.3 Å². The van der Waals surface area contributed by atoms with Gasteiger partial charge in [0.1, 0.15) is 5.76 Å². The molecule has 0 radical (unpaired) electrons. The molecule has 24 heavy (non-hydrogen) atoms. The van der Waals surface area contributed by atoms with Crippen molar-refractivity contribution in [3.8, 4) is 0 Å². The van der Waals surface area contributed by atoms with Gasteiger partial charge < -0.3 is 9.84 Å². The van der Waals surface area contributed by atoms with Gasteiger partial charge in [0.25, 0.3) is 5.91 Å². The zero-order valence-corrected chi connectivity index (χ0v) is 14.3. The molecule has 0 atom stereocenters. The van der Waals surface area contributed by atoms with Gasteiger partial charge in [0.15, 0.2) is 5.69 Å². The molecule has 2 heterocycles. The molecule has 3 rings (SSSR count). The quantitative estimate of drug-likeness (QED) is 0.798. The zero-order valence-electron chi connectivity index (χ0n) is 14.3. The Bertz CT molecular complexity index is 875. The van der Waals surface area contributed by atoms with Crippen LogP contribution in [0.2, 0.25) is 0 Å². The normalized spacial score (nSPS) is 10.8. The van der Waals surface area contributed by atoms with E-state index in [4.69, 9.17) is 4.52 Å². The first-order chi connectivity index (χ1) is 11.4. The molecule has 124 valence electrons. The van der Waals surface area contributed by atoms with Crippen LogP contribution in [-0.2, 0) is 6.54 Å². The van der Waals surface area contributed by atoms with E-state index in [1.54, 1.807) is 13.0 Å². The number of carbonyl (C=O) groups is 1. The third kappa shape index (κ3) is 3.22. The van der Waals surface area contributed by atoms with E-state index < -0.39 is 0 Å². The minimum absolute atomic E-state index is 0.262. The smallest absolute Gasteiger partial charge is 0.277 e. The van der Waals surface area contributed by atoms with E-state index in [1.807, 2.05) is 18.5 Å². The minimum Gasteiger partial charge on any atom is -0.361 e. The Kier molecular flexibility index (Phi) is 4.20. The highest BCUT2D eigenvalue weighted by Crippen LogP contribution is 2.21. The Labute approximate surface area is 140 Å². The molecule has 0 unspecified atom stereocenters. The second-order valence-electron chi connectivity index (χ2n) is 5.97. The fourth-order valence-electron chi connectivity index (χ4n) is 2.55. The standard InChI is InChI=1S/C18H20N4O2/c1-11-5-7-15(8-6-11)10-22-14(4)17(13(3)20-22)19-18(23)16-9-12(2)24-21-16/h5-9H,10H2,1-4H3,(H,19,23). The molecule has 0 saturated heterocycles. The van der Waals surface area contributed by atoms with Crippen molar-refractivity contribution in [2.24, 2.45) is 0 Å². The second kappa shape index (κ2) is 6.31. The van der Waals surface area contributed by atoms with Crippen molar-refractivity contribution < 1.29 is 9.32 Å². The summed E-state index contributed by atoms with van der Waals surface area (Å²) in [5, 5.41) is 11.2. The number of rotatable bonds is 4. The predicted molar refractivity (Wildman–Crippen MR) is 91.2 cm³/mol. The third-order valence-electron chi connectivity index (χ3n) is 3.93. The van der Waals surface area contributed by atoms with Crippen molar-refractivity contribution in [1.29, 1.82) is 0 Å². The van der Waals surface area contributed by atoms with E-state index in [1.165, 1.54) is 5.56 Å². The van der Waals surface area contributed by atoms with Gasteiger partial charge in [-0.15, -0.1) is 0 Å². The van der Waals surface area contributed by atoms with Gasteiger partial charge >= 0.3 is 0 Å². The molecule has 1 amide bonds. The van der Waals surface area contributed by atoms with Crippen LogP contribution in [0.15, 0.2) is 34.9 Å². The molecular weight excluding hydrogens is 304 g/mol. The van der Waals surface area contributed by atoms with Gasteiger partial charge in [-0.3, -0.25) is 9.48 Å². The molecule has 0 fully saturated rings. The van der Waals surface area contributed by atoms with Gasteiger partial charge in [0.2, 0.25) is 0 Å². The van der Waals surface area contributed by atoms with Crippen LogP contribution in [0.3, 0.4) is 0 Å². The lowest BCUT2D eigenvalue weighted by atomic mass is 10.1. The van der Waals surface area contributed by atoms with Crippen LogP contribution in [0, 0.1) is 27.7 Å². The summed E-state index contributed by atoms with van der Waals surface area (Å²) >= 11 is 0. The largest absolute Gasteiger partial charge is 0.361 e. The maximum Gasteiger partial charge on any atom is 0.277 e. The number of anilines is 1. The zero-order chi connectivity index (χ0) is 17.3. The molecule has 2 aromatic heterocycles. The van der Waals surface area contributed by atoms with Gasteiger partial charge in [-0.1, -0.05) is 35.0 Å². The molecule has 1 N–H and O–H groups in total. The van der Waals surface area contributed by atoms with Crippen molar-refractivity contribution in [2.45, 2.75) is 34.2 Å². The van der Waals surface area contributed by atoms with E-state index in [0.717, 1.165) is 17.0 Å². The molecule has 0 aliphatic carbocycles. The second-order valence-corrected chi connectivity index (χ2v) is 5.97. The van der Waals surface area contributed by atoms with E-state index in [9.17, 15) is 4.79 Å². The minimum atomic E-state index is -0.298. The number of amides is 1. The Morgan fingerprint density at radius 3 is 2.50 bits per heavy atom. The monoisotopic (exact) mass is 324 g/mol. The number of nitrogens with one attached hydrogen (secondary N) is 1. The number of aryl methyl sites for hydroxylation is 3. The molecular formula is C18H20N4O2. The van der Waals surface area contributed by atoms with Gasteiger partial charge in [-0.05, 0) is 33.3 Å². The summed E-state index contributed by atoms with van der Waals surface area (Å²) in [6, 6.07) is 9.94. The van der Waals surface area contributed by atoms with Crippen LogP contribution in [0.4, 0.5) is 5.69 Å². The highest BCUT2D eigenvalue weighted by atomic mass is 16.5. The molecule has 3 aromatic rings. The molecule has 6 heteroatoms. The molecule has 0 bridgehead atoms. The molecule has 1 aromatic carbocycles. The fraction of sp³-hybridized carbons (Fsp3) is 0.278. The van der Waals surface area contributed by atoms with Crippen LogP contribution in [0.5, 0.6) is 0 Å². The number of aromatic nitrogens is 3. The van der Waals surface area contributed by atoms with E-state index >= 15 is 0 Å². The first kappa shape index (κ1) is 16.0. The van der Waals surface area contributed by atoms with Crippen LogP contribution < -0.4 is 5.32 Å². The topological polar surface area (TPSA) is 73.0 Å². The van der Waals surface area contributed by atoms with E-state index in [2.05, 4.69) is 46.8 Å². The Balaban J connectivity index is 1.81. The summed E-state index contributed by atoms with van der Waals surface area (Å²) in [5.74, 6) is 0.302. The average molecular weight is 324 g/mol. The highest BCUT2D eigenvalue weighted by Gasteiger charge is 2.17. The van der Waals surface area contributed by atoms with Crippen LogP contribution in [0.1, 0.15) is 38.8 Å². The Hall–Kier alpha value is -2.89. The van der Waals surface area contributed by atoms with Crippen LogP contribution >= 0.6 is 0 Å².